The molecule has 5 atom stereocenters. The first-order valence-corrected chi connectivity index (χ1v) is 24.0. The quantitative estimate of drug-likeness (QED) is 0.0418. The Hall–Kier alpha value is -4.61. The summed E-state index contributed by atoms with van der Waals surface area (Å²) in [5, 5.41) is 13.5. The van der Waals surface area contributed by atoms with Crippen molar-refractivity contribution < 1.29 is 29.0 Å². The van der Waals surface area contributed by atoms with Crippen LogP contribution in [0.5, 0.6) is 0 Å². The second kappa shape index (κ2) is 23.4. The molecule has 4 aliphatic heterocycles. The van der Waals surface area contributed by atoms with Gasteiger partial charge in [0.2, 0.25) is 0 Å². The molecular weight excluding hydrogens is 837 g/mol. The number of methoxy groups -OCH3 is 1. The molecule has 0 saturated carbocycles. The number of aromatic nitrogens is 1. The number of aliphatic imine (C=N–C) groups is 3. The van der Waals surface area contributed by atoms with Gasteiger partial charge in [0.25, 0.3) is 0 Å². The number of hydrogen-bond donors (Lipinski definition) is 0. The van der Waals surface area contributed by atoms with E-state index in [0.29, 0.717) is 86.0 Å². The van der Waals surface area contributed by atoms with Crippen molar-refractivity contribution in [3.63, 3.8) is 0 Å². The van der Waals surface area contributed by atoms with Crippen molar-refractivity contribution in [2.45, 2.75) is 139 Å². The maximum Gasteiger partial charge on any atom is 2.00 e. The van der Waals surface area contributed by atoms with Gasteiger partial charge in [-0.05, 0) is 105 Å². The fraction of sp³-hybridized carbons (Fsp3) is 0.527. The molecular formula is C55H70MgN4O6. The van der Waals surface area contributed by atoms with Crippen LogP contribution in [0.4, 0.5) is 0 Å². The van der Waals surface area contributed by atoms with E-state index < -0.39 is 17.7 Å². The topological polar surface area (TPSA) is 144 Å². The van der Waals surface area contributed by atoms with Crippen molar-refractivity contribution in [3.05, 3.63) is 104 Å². The number of carbonyl (C=O) groups excluding carboxylic acids is 3. The van der Waals surface area contributed by atoms with Crippen LogP contribution in [0.2, 0.25) is 0 Å². The smallest absolute Gasteiger partial charge is 0.877 e. The van der Waals surface area contributed by atoms with Gasteiger partial charge in [-0.25, -0.2) is 9.98 Å². The van der Waals surface area contributed by atoms with Crippen LogP contribution in [0, 0.1) is 42.4 Å². The SMILES string of the molecule is C=CC1=C(C)C2=NC1=CC1=NC(=C(CC)/C1=C/[O-])C=c1[n-]c3c(c1C)C(=O)C(C(=O)OC)C=3C1=NC(=C2)C(C)C1CCC(=O)OC/C=C(\C)CCCC(C)CCCC(C)CCCC(C)C.[Mg+2]. The molecule has 348 valence electrons. The second-order valence-electron chi connectivity index (χ2n) is 19.3. The Kier molecular flexibility index (Phi) is 18.6. The molecule has 10 nitrogen and oxygen atoms in total. The van der Waals surface area contributed by atoms with Gasteiger partial charge in [-0.15, -0.1) is 17.0 Å². The van der Waals surface area contributed by atoms with E-state index in [1.807, 2.05) is 45.9 Å². The van der Waals surface area contributed by atoms with Gasteiger partial charge >= 0.3 is 35.0 Å². The molecule has 6 rings (SSSR count). The van der Waals surface area contributed by atoms with Crippen molar-refractivity contribution in [3.8, 4) is 0 Å². The fourth-order valence-electron chi connectivity index (χ4n) is 10.0. The van der Waals surface area contributed by atoms with Crippen LogP contribution in [-0.2, 0) is 19.1 Å². The summed E-state index contributed by atoms with van der Waals surface area (Å²) >= 11 is 0. The van der Waals surface area contributed by atoms with E-state index in [-0.39, 0.29) is 53.9 Å². The molecule has 5 aliphatic rings. The van der Waals surface area contributed by atoms with Crippen molar-refractivity contribution in [1.29, 1.82) is 0 Å². The number of hydrogen-bond acceptors (Lipinski definition) is 9. The van der Waals surface area contributed by atoms with Gasteiger partial charge in [-0.2, -0.15) is 0 Å². The number of rotatable bonds is 20. The maximum atomic E-state index is 14.4. The van der Waals surface area contributed by atoms with Gasteiger partial charge in [0, 0.05) is 40.8 Å². The largest absolute Gasteiger partial charge is 2.00 e. The summed E-state index contributed by atoms with van der Waals surface area (Å²) in [5.74, 6) is -0.983. The minimum absolute atomic E-state index is 0. The van der Waals surface area contributed by atoms with Crippen molar-refractivity contribution in [2.24, 2.45) is 50.5 Å². The third kappa shape index (κ3) is 11.6. The van der Waals surface area contributed by atoms with Gasteiger partial charge in [0.15, 0.2) is 5.78 Å². The normalized spacial score (nSPS) is 21.6. The molecule has 0 N–H and O–H groups in total. The number of nitrogens with zero attached hydrogens (tertiary/aromatic N) is 4. The predicted molar refractivity (Wildman–Crippen MR) is 265 cm³/mol. The first-order chi connectivity index (χ1) is 31.1. The Morgan fingerprint density at radius 1 is 0.939 bits per heavy atom. The molecule has 8 bridgehead atoms. The summed E-state index contributed by atoms with van der Waals surface area (Å²) in [6.45, 7) is 23.5. The molecule has 1 aromatic rings. The Labute approximate surface area is 408 Å². The third-order valence-electron chi connectivity index (χ3n) is 14.1. The molecule has 0 fully saturated rings. The number of allylic oxidation sites excluding steroid dienone is 9. The molecule has 0 amide bonds. The Bertz CT molecular complexity index is 2500. The molecule has 1 aromatic heterocycles. The summed E-state index contributed by atoms with van der Waals surface area (Å²) < 4.78 is 11.0. The van der Waals surface area contributed by atoms with E-state index in [9.17, 15) is 19.5 Å². The molecule has 1 aliphatic carbocycles. The Morgan fingerprint density at radius 2 is 1.62 bits per heavy atom. The Balaban J connectivity index is 0.00000817. The van der Waals surface area contributed by atoms with E-state index in [1.165, 1.54) is 57.6 Å². The summed E-state index contributed by atoms with van der Waals surface area (Å²) in [5.41, 5.74) is 9.02. The zero-order chi connectivity index (χ0) is 47.1. The van der Waals surface area contributed by atoms with Gasteiger partial charge in [0.1, 0.15) is 12.5 Å². The van der Waals surface area contributed by atoms with Gasteiger partial charge in [0.05, 0.1) is 29.9 Å². The van der Waals surface area contributed by atoms with Crippen molar-refractivity contribution in [2.75, 3.05) is 13.7 Å². The molecule has 5 heterocycles. The van der Waals surface area contributed by atoms with Crippen LogP contribution >= 0.6 is 0 Å². The number of ether oxygens (including phenoxy) is 2. The van der Waals surface area contributed by atoms with Crippen LogP contribution in [0.1, 0.15) is 148 Å². The molecule has 5 unspecified atom stereocenters. The minimum atomic E-state index is -1.27. The minimum Gasteiger partial charge on any atom is -0.877 e. The van der Waals surface area contributed by atoms with Gasteiger partial charge in [-0.1, -0.05) is 116 Å². The van der Waals surface area contributed by atoms with Crippen LogP contribution in [0.15, 0.2) is 97.1 Å². The molecule has 0 spiro atoms. The van der Waals surface area contributed by atoms with Crippen molar-refractivity contribution in [1.82, 2.24) is 4.98 Å². The first-order valence-electron chi connectivity index (χ1n) is 24.0. The average molecular weight is 907 g/mol. The summed E-state index contributed by atoms with van der Waals surface area (Å²) in [6, 6.07) is 0. The maximum absolute atomic E-state index is 14.4. The molecule has 0 radical (unpaired) electrons. The van der Waals surface area contributed by atoms with E-state index >= 15 is 0 Å². The summed E-state index contributed by atoms with van der Waals surface area (Å²) in [4.78, 5) is 61.5. The van der Waals surface area contributed by atoms with Crippen LogP contribution in [-0.4, -0.2) is 71.6 Å². The number of esters is 2. The van der Waals surface area contributed by atoms with Crippen LogP contribution in [0.25, 0.3) is 11.6 Å². The average Bonchev–Trinajstić information content (AvgIpc) is 4.02. The standard InChI is InChI=1S/C55H72N4O6.Mg/c1-12-38-35(8)42-27-43-36(9)40(23-24-48(61)65-26-25-34(7)22-16-21-33(6)20-15-19-32(5)18-14-17-31(3)4)52(58-43)50-51(55(63)64-11)54(62)49-37(10)44(59-53(49)50)28-46-39(13-2)41(30-60)47(57-46)29-45(38)56-42;/h12,25,27-33,36,40,51H,1,13-24,26H2,2-11H3,(H2,56,57,58,59,60,62);/q;+2/p-2/b34-25+;. The summed E-state index contributed by atoms with van der Waals surface area (Å²) in [6.07, 6.45) is 22.3. The monoisotopic (exact) mass is 907 g/mol. The molecule has 66 heavy (non-hydrogen) atoms. The third-order valence-corrected chi connectivity index (χ3v) is 14.1. The fourth-order valence-corrected chi connectivity index (χ4v) is 10.0. The Morgan fingerprint density at radius 3 is 2.26 bits per heavy atom. The number of Topliss-reactive ketones (excluding diaryl/α,β-unsaturated/α-hetero) is 1. The molecule has 0 saturated heterocycles. The van der Waals surface area contributed by atoms with E-state index in [4.69, 9.17) is 29.4 Å². The molecule has 0 aromatic carbocycles. The van der Waals surface area contributed by atoms with Crippen LogP contribution in [0.3, 0.4) is 0 Å². The van der Waals surface area contributed by atoms with E-state index in [2.05, 4.69) is 41.2 Å². The van der Waals surface area contributed by atoms with E-state index in [1.54, 1.807) is 12.2 Å². The number of ketones is 1. The second-order valence-corrected chi connectivity index (χ2v) is 19.3. The van der Waals surface area contributed by atoms with Gasteiger partial charge < -0.3 is 19.6 Å². The zero-order valence-electron chi connectivity index (χ0n) is 41.3. The predicted octanol–water partition coefficient (Wildman–Crippen LogP) is 9.01. The number of fused-ring (bicyclic) bond motifs is 5. The van der Waals surface area contributed by atoms with Gasteiger partial charge in [-0.3, -0.25) is 19.4 Å². The zero-order valence-corrected chi connectivity index (χ0v) is 42.7. The molecule has 11 heteroatoms. The van der Waals surface area contributed by atoms with Crippen molar-refractivity contribution >= 4 is 69.6 Å². The summed E-state index contributed by atoms with van der Waals surface area (Å²) in [7, 11) is 1.27. The number of carbonyl (C=O) groups is 3. The van der Waals surface area contributed by atoms with E-state index in [0.717, 1.165) is 47.7 Å². The first kappa shape index (κ1) is 52.4. The van der Waals surface area contributed by atoms with Crippen LogP contribution < -0.4 is 20.8 Å².